The molecule has 3 aromatic rings. The fourth-order valence-electron chi connectivity index (χ4n) is 5.78. The molecule has 2 fully saturated rings. The van der Waals surface area contributed by atoms with E-state index in [4.69, 9.17) is 13.9 Å². The highest BCUT2D eigenvalue weighted by Crippen LogP contribution is 2.25. The molecule has 14 heteroatoms. The lowest BCUT2D eigenvalue weighted by Gasteiger charge is -2.35. The van der Waals surface area contributed by atoms with Crippen molar-refractivity contribution in [3.05, 3.63) is 58.9 Å². The first kappa shape index (κ1) is 31.7. The predicted octanol–water partition coefficient (Wildman–Crippen LogP) is 1.37. The third-order valence-corrected chi connectivity index (χ3v) is 8.61. The van der Waals surface area contributed by atoms with Crippen LogP contribution in [0.1, 0.15) is 46.4 Å². The molecule has 0 unspecified atom stereocenters. The van der Waals surface area contributed by atoms with Gasteiger partial charge in [0.15, 0.2) is 12.2 Å². The van der Waals surface area contributed by atoms with Crippen molar-refractivity contribution < 1.29 is 28.6 Å². The van der Waals surface area contributed by atoms with Gasteiger partial charge in [-0.2, -0.15) is 4.98 Å². The number of aryl methyl sites for hydroxylation is 1. The van der Waals surface area contributed by atoms with Crippen molar-refractivity contribution in [2.24, 2.45) is 0 Å². The van der Waals surface area contributed by atoms with Gasteiger partial charge in [-0.05, 0) is 36.6 Å². The van der Waals surface area contributed by atoms with E-state index < -0.39 is 6.10 Å². The summed E-state index contributed by atoms with van der Waals surface area (Å²) in [5, 5.41) is 17.0. The number of carbonyl (C=O) groups excluding carboxylic acids is 2. The quantitative estimate of drug-likeness (QED) is 0.263. The molecular weight excluding hydrogens is 592 g/mol. The van der Waals surface area contributed by atoms with Crippen molar-refractivity contribution in [1.29, 1.82) is 0 Å². The Morgan fingerprint density at radius 2 is 1.93 bits per heavy atom. The normalized spacial score (nSPS) is 17.6. The van der Waals surface area contributed by atoms with Gasteiger partial charge in [0.05, 0.1) is 31.1 Å². The minimum Gasteiger partial charge on any atom is -0.486 e. The number of carbonyl (C=O) groups is 2. The van der Waals surface area contributed by atoms with E-state index in [-0.39, 0.29) is 30.1 Å². The lowest BCUT2D eigenvalue weighted by molar-refractivity contribution is -0.131. The summed E-state index contributed by atoms with van der Waals surface area (Å²) >= 11 is 0. The van der Waals surface area contributed by atoms with Gasteiger partial charge in [0.2, 0.25) is 11.9 Å². The average Bonchev–Trinajstić information content (AvgIpc) is 3.48. The summed E-state index contributed by atoms with van der Waals surface area (Å²) < 4.78 is 16.5. The zero-order valence-electron chi connectivity index (χ0n) is 26.4. The Morgan fingerprint density at radius 1 is 1.11 bits per heavy atom. The van der Waals surface area contributed by atoms with Crippen molar-refractivity contribution in [1.82, 2.24) is 30.1 Å². The number of ether oxygens (including phenoxy) is 2. The molecule has 0 radical (unpaired) electrons. The summed E-state index contributed by atoms with van der Waals surface area (Å²) in [4.78, 5) is 44.7. The number of aromatic nitrogens is 3. The van der Waals surface area contributed by atoms with Gasteiger partial charge in [0.1, 0.15) is 23.9 Å². The van der Waals surface area contributed by atoms with Gasteiger partial charge in [0, 0.05) is 64.8 Å². The van der Waals surface area contributed by atoms with Crippen molar-refractivity contribution in [2.75, 3.05) is 69.2 Å². The maximum Gasteiger partial charge on any atom is 0.270 e. The third kappa shape index (κ3) is 7.74. The molecule has 2 amide bonds. The zero-order valence-corrected chi connectivity index (χ0v) is 26.4. The number of fused-ring (bicyclic) bond motifs is 1. The summed E-state index contributed by atoms with van der Waals surface area (Å²) in [5.74, 6) is 2.23. The van der Waals surface area contributed by atoms with Crippen LogP contribution in [0.25, 0.3) is 0 Å². The Labute approximate surface area is 268 Å². The first-order chi connectivity index (χ1) is 22.3. The number of amides is 2. The smallest absolute Gasteiger partial charge is 0.270 e. The molecule has 0 bridgehead atoms. The molecule has 0 aliphatic carbocycles. The number of hydrogen-bond acceptors (Lipinski definition) is 12. The van der Waals surface area contributed by atoms with Crippen molar-refractivity contribution in [2.45, 2.75) is 52.0 Å². The Bertz CT molecular complexity index is 1520. The Kier molecular flexibility index (Phi) is 9.95. The van der Waals surface area contributed by atoms with Gasteiger partial charge in [-0.3, -0.25) is 14.5 Å². The number of hydrogen-bond donors (Lipinski definition) is 3. The number of β-amino-alcohol motifs (C(OH)–C–C–N with tert-alkyl or cyclic N) is 1. The molecular formula is C32H42N8O6. The number of aliphatic hydroxyl groups is 1. The highest BCUT2D eigenvalue weighted by atomic mass is 16.5. The van der Waals surface area contributed by atoms with Gasteiger partial charge < -0.3 is 39.4 Å². The fourth-order valence-corrected chi connectivity index (χ4v) is 5.78. The molecule has 2 aromatic heterocycles. The number of nitrogens with one attached hydrogen (secondary N) is 2. The number of piperazine rings is 1. The number of anilines is 2. The van der Waals surface area contributed by atoms with E-state index in [0.29, 0.717) is 83.0 Å². The topological polar surface area (TPSA) is 158 Å². The minimum absolute atomic E-state index is 0.0897. The number of nitrogens with zero attached hydrogens (tertiary/aromatic N) is 6. The predicted molar refractivity (Wildman–Crippen MR) is 169 cm³/mol. The van der Waals surface area contributed by atoms with Crippen molar-refractivity contribution in [3.63, 3.8) is 0 Å². The molecule has 0 spiro atoms. The first-order valence-electron chi connectivity index (χ1n) is 15.9. The molecule has 3 aliphatic heterocycles. The van der Waals surface area contributed by atoms with E-state index in [0.717, 1.165) is 24.4 Å². The molecule has 14 nitrogen and oxygen atoms in total. The zero-order chi connectivity index (χ0) is 32.0. The summed E-state index contributed by atoms with van der Waals surface area (Å²) in [6.45, 7) is 9.55. The molecule has 3 aliphatic rings. The molecule has 246 valence electrons. The third-order valence-electron chi connectivity index (χ3n) is 8.61. The number of aliphatic hydroxyl groups excluding tert-OH is 1. The van der Waals surface area contributed by atoms with Crippen molar-refractivity contribution >= 4 is 23.6 Å². The van der Waals surface area contributed by atoms with E-state index in [1.165, 1.54) is 17.5 Å². The molecule has 0 saturated carbocycles. The number of benzene rings is 1. The summed E-state index contributed by atoms with van der Waals surface area (Å²) in [6, 6.07) is 7.83. The lowest BCUT2D eigenvalue weighted by Crippen LogP contribution is -2.49. The van der Waals surface area contributed by atoms with Crippen LogP contribution < -0.4 is 20.3 Å². The van der Waals surface area contributed by atoms with E-state index in [1.807, 2.05) is 29.7 Å². The number of oxazole rings is 1. The fraction of sp³-hybridized carbons (Fsp3) is 0.531. The Hall–Kier alpha value is -4.27. The highest BCUT2D eigenvalue weighted by Gasteiger charge is 2.26. The first-order valence-corrected chi connectivity index (χ1v) is 15.9. The van der Waals surface area contributed by atoms with Gasteiger partial charge in [-0.1, -0.05) is 13.0 Å². The minimum atomic E-state index is -0.756. The number of rotatable bonds is 12. The molecule has 6 rings (SSSR count). The molecule has 1 atom stereocenters. The van der Waals surface area contributed by atoms with Crippen LogP contribution in [0, 0.1) is 6.92 Å². The average molecular weight is 635 g/mol. The second kappa shape index (κ2) is 14.4. The molecule has 1 aromatic carbocycles. The molecule has 2 saturated heterocycles. The maximum atomic E-state index is 13.2. The Morgan fingerprint density at radius 3 is 2.65 bits per heavy atom. The Balaban J connectivity index is 1.02. The second-order valence-electron chi connectivity index (χ2n) is 12.0. The monoisotopic (exact) mass is 634 g/mol. The van der Waals surface area contributed by atoms with E-state index in [9.17, 15) is 14.7 Å². The van der Waals surface area contributed by atoms with Crippen LogP contribution in [0.3, 0.4) is 0 Å². The van der Waals surface area contributed by atoms with Crippen LogP contribution in [0.5, 0.6) is 5.75 Å². The second-order valence-corrected chi connectivity index (χ2v) is 12.0. The molecule has 46 heavy (non-hydrogen) atoms. The molecule has 5 heterocycles. The van der Waals surface area contributed by atoms with Crippen LogP contribution in [0.15, 0.2) is 35.1 Å². The SMILES string of the molecule is CCC(=O)N1CCN(c2nc(NC3COC3)cc(C(=O)NC[C@H](O)CN3CCc4cc(OCc5ocnc5C)ccc4C3)n2)CC1. The van der Waals surface area contributed by atoms with E-state index in [2.05, 4.69) is 42.6 Å². The summed E-state index contributed by atoms with van der Waals surface area (Å²) in [5.41, 5.74) is 3.45. The van der Waals surface area contributed by atoms with Crippen LogP contribution in [-0.2, 0) is 29.1 Å². The lowest BCUT2D eigenvalue weighted by atomic mass is 9.99. The van der Waals surface area contributed by atoms with E-state index in [1.54, 1.807) is 6.07 Å². The van der Waals surface area contributed by atoms with Crippen LogP contribution in [0.4, 0.5) is 11.8 Å². The largest absolute Gasteiger partial charge is 0.486 e. The summed E-state index contributed by atoms with van der Waals surface area (Å²) in [6.07, 6.45) is 1.97. The van der Waals surface area contributed by atoms with Crippen LogP contribution in [-0.4, -0.2) is 113 Å². The standard InChI is InChI=1S/C32H42N8O6/c1-3-30(42)39-8-10-40(11-9-39)32-36-27(13-29(37-32)35-24-17-44-18-24)31(43)33-14-25(41)16-38-7-6-22-12-26(5-4-23(22)15-38)45-19-28-21(2)34-20-46-28/h4-5,12-13,20,24-25,41H,3,6-11,14-19H2,1-2H3,(H,33,43)(H,35,36,37)/t25-/m0/s1. The van der Waals surface area contributed by atoms with Gasteiger partial charge in [-0.15, -0.1) is 0 Å². The van der Waals surface area contributed by atoms with Gasteiger partial charge >= 0.3 is 0 Å². The molecule has 3 N–H and O–H groups in total. The van der Waals surface area contributed by atoms with Gasteiger partial charge in [0.25, 0.3) is 5.91 Å². The summed E-state index contributed by atoms with van der Waals surface area (Å²) in [7, 11) is 0. The van der Waals surface area contributed by atoms with Crippen molar-refractivity contribution in [3.8, 4) is 5.75 Å². The maximum absolute atomic E-state index is 13.2. The van der Waals surface area contributed by atoms with Crippen LogP contribution >= 0.6 is 0 Å². The van der Waals surface area contributed by atoms with E-state index >= 15 is 0 Å². The van der Waals surface area contributed by atoms with Gasteiger partial charge in [-0.25, -0.2) is 9.97 Å². The highest BCUT2D eigenvalue weighted by molar-refractivity contribution is 5.93. The van der Waals surface area contributed by atoms with Crippen LogP contribution in [0.2, 0.25) is 0 Å².